The van der Waals surface area contributed by atoms with Gasteiger partial charge in [-0.15, -0.1) is 10.2 Å². The maximum atomic E-state index is 12.5. The van der Waals surface area contributed by atoms with Crippen LogP contribution >= 0.6 is 11.3 Å². The number of hydrogen-bond acceptors (Lipinski definition) is 6. The first-order valence-corrected chi connectivity index (χ1v) is 8.45. The van der Waals surface area contributed by atoms with Gasteiger partial charge < -0.3 is 9.72 Å². The van der Waals surface area contributed by atoms with Gasteiger partial charge in [0.05, 0.1) is 12.7 Å². The molecule has 7 nitrogen and oxygen atoms in total. The Balaban J connectivity index is 2.29. The van der Waals surface area contributed by atoms with Gasteiger partial charge in [0.1, 0.15) is 10.7 Å². The van der Waals surface area contributed by atoms with E-state index < -0.39 is 5.97 Å². The number of anilines is 1. The van der Waals surface area contributed by atoms with Gasteiger partial charge in [0, 0.05) is 11.1 Å². The number of rotatable bonds is 4. The number of aromatic nitrogens is 3. The molecule has 24 heavy (non-hydrogen) atoms. The van der Waals surface area contributed by atoms with E-state index in [4.69, 9.17) is 4.74 Å². The first kappa shape index (κ1) is 18.1. The number of nitrogens with one attached hydrogen (secondary N) is 2. The first-order valence-electron chi connectivity index (χ1n) is 7.64. The second-order valence-corrected chi connectivity index (χ2v) is 7.42. The van der Waals surface area contributed by atoms with Gasteiger partial charge in [-0.05, 0) is 18.9 Å². The van der Waals surface area contributed by atoms with E-state index in [-0.39, 0.29) is 11.3 Å². The zero-order valence-corrected chi connectivity index (χ0v) is 15.6. The Morgan fingerprint density at radius 2 is 1.96 bits per heavy atom. The van der Waals surface area contributed by atoms with Crippen molar-refractivity contribution in [2.75, 3.05) is 12.4 Å². The number of nitrogens with zero attached hydrogens (tertiary/aromatic N) is 2. The lowest BCUT2D eigenvalue weighted by Crippen LogP contribution is -2.14. The van der Waals surface area contributed by atoms with E-state index in [0.717, 1.165) is 5.01 Å². The van der Waals surface area contributed by atoms with E-state index in [0.29, 0.717) is 34.1 Å². The largest absolute Gasteiger partial charge is 0.465 e. The van der Waals surface area contributed by atoms with E-state index in [1.807, 2.05) is 27.7 Å². The third kappa shape index (κ3) is 3.48. The topological polar surface area (TPSA) is 97.0 Å². The number of aryl methyl sites for hydroxylation is 1. The van der Waals surface area contributed by atoms with Gasteiger partial charge in [-0.3, -0.25) is 10.1 Å². The summed E-state index contributed by atoms with van der Waals surface area (Å²) >= 11 is 1.34. The molecule has 0 aliphatic rings. The molecule has 130 valence electrons. The summed E-state index contributed by atoms with van der Waals surface area (Å²) in [6, 6.07) is 0. The Hall–Kier alpha value is -2.22. The van der Waals surface area contributed by atoms with Crippen LogP contribution < -0.4 is 5.32 Å². The molecule has 0 saturated heterocycles. The van der Waals surface area contributed by atoms with Crippen LogP contribution in [0.25, 0.3) is 0 Å². The van der Waals surface area contributed by atoms with Crippen LogP contribution in [0.5, 0.6) is 0 Å². The molecule has 8 heteroatoms. The molecule has 0 aromatic carbocycles. The highest BCUT2D eigenvalue weighted by atomic mass is 32.1. The van der Waals surface area contributed by atoms with Crippen LogP contribution in [0.2, 0.25) is 0 Å². The van der Waals surface area contributed by atoms with Gasteiger partial charge in [0.15, 0.2) is 0 Å². The average Bonchev–Trinajstić information content (AvgIpc) is 3.10. The normalized spacial score (nSPS) is 11.4. The van der Waals surface area contributed by atoms with Crippen LogP contribution in [0.15, 0.2) is 0 Å². The summed E-state index contributed by atoms with van der Waals surface area (Å²) in [7, 11) is 1.32. The van der Waals surface area contributed by atoms with Crippen LogP contribution in [0.1, 0.15) is 64.8 Å². The molecule has 0 bridgehead atoms. The quantitative estimate of drug-likeness (QED) is 0.826. The zero-order valence-electron chi connectivity index (χ0n) is 14.7. The molecule has 2 N–H and O–H groups in total. The second-order valence-electron chi connectivity index (χ2n) is 6.44. The van der Waals surface area contributed by atoms with Crippen molar-refractivity contribution in [2.24, 2.45) is 0 Å². The Morgan fingerprint density at radius 3 is 2.46 bits per heavy atom. The van der Waals surface area contributed by atoms with Crippen molar-refractivity contribution in [3.05, 3.63) is 27.5 Å². The maximum Gasteiger partial charge on any atom is 0.339 e. The molecule has 0 saturated carbocycles. The fraction of sp³-hybridized carbons (Fsp3) is 0.500. The van der Waals surface area contributed by atoms with Gasteiger partial charge in [-0.1, -0.05) is 39.0 Å². The highest BCUT2D eigenvalue weighted by Gasteiger charge is 2.25. The summed E-state index contributed by atoms with van der Waals surface area (Å²) in [5.41, 5.74) is 1.86. The highest BCUT2D eigenvalue weighted by Crippen LogP contribution is 2.28. The van der Waals surface area contributed by atoms with Crippen molar-refractivity contribution in [3.63, 3.8) is 0 Å². The predicted octanol–water partition coefficient (Wildman–Crippen LogP) is 3.07. The summed E-state index contributed by atoms with van der Waals surface area (Å²) in [5, 5.41) is 12.1. The van der Waals surface area contributed by atoms with Crippen molar-refractivity contribution in [2.45, 2.75) is 46.5 Å². The lowest BCUT2D eigenvalue weighted by Gasteiger charge is -2.12. The van der Waals surface area contributed by atoms with Gasteiger partial charge in [-0.2, -0.15) is 0 Å². The Labute approximate surface area is 144 Å². The molecular formula is C16H22N4O3S. The average molecular weight is 350 g/mol. The summed E-state index contributed by atoms with van der Waals surface area (Å²) in [6.45, 7) is 9.72. The molecule has 0 aliphatic carbocycles. The summed E-state index contributed by atoms with van der Waals surface area (Å²) in [5.74, 6) is -0.806. The fourth-order valence-corrected chi connectivity index (χ4v) is 3.06. The van der Waals surface area contributed by atoms with Crippen molar-refractivity contribution < 1.29 is 14.3 Å². The third-order valence-corrected chi connectivity index (χ3v) is 4.85. The smallest absolute Gasteiger partial charge is 0.339 e. The molecule has 0 spiro atoms. The number of carbonyl (C=O) groups is 2. The van der Waals surface area contributed by atoms with E-state index in [1.165, 1.54) is 18.4 Å². The third-order valence-electron chi connectivity index (χ3n) is 3.58. The number of amides is 1. The van der Waals surface area contributed by atoms with Gasteiger partial charge in [0.25, 0.3) is 5.91 Å². The SMILES string of the molecule is CCc1[nH]c(C(=O)Nc2nnc(C(C)(C)C)s2)c(C)c1C(=O)OC. The lowest BCUT2D eigenvalue weighted by molar-refractivity contribution is 0.0599. The molecule has 0 aliphatic heterocycles. The van der Waals surface area contributed by atoms with E-state index in [1.54, 1.807) is 6.92 Å². The molecule has 2 heterocycles. The number of ether oxygens (including phenoxy) is 1. The first-order chi connectivity index (χ1) is 11.2. The predicted molar refractivity (Wildman–Crippen MR) is 92.8 cm³/mol. The van der Waals surface area contributed by atoms with Crippen molar-refractivity contribution in [1.29, 1.82) is 0 Å². The van der Waals surface area contributed by atoms with Gasteiger partial charge >= 0.3 is 5.97 Å². The minimum absolute atomic E-state index is 0.129. The van der Waals surface area contributed by atoms with Crippen molar-refractivity contribution in [3.8, 4) is 0 Å². The summed E-state index contributed by atoms with van der Waals surface area (Å²) in [4.78, 5) is 27.5. The van der Waals surface area contributed by atoms with E-state index >= 15 is 0 Å². The molecule has 0 unspecified atom stereocenters. The standard InChI is InChI=1S/C16H22N4O3S/c1-7-9-10(13(22)23-6)8(2)11(17-9)12(21)18-15-20-19-14(24-15)16(3,4)5/h17H,7H2,1-6H3,(H,18,20,21). The minimum atomic E-state index is -0.453. The van der Waals surface area contributed by atoms with Gasteiger partial charge in [0.2, 0.25) is 5.13 Å². The molecule has 0 radical (unpaired) electrons. The molecule has 1 amide bonds. The highest BCUT2D eigenvalue weighted by molar-refractivity contribution is 7.15. The maximum absolute atomic E-state index is 12.5. The Bertz CT molecular complexity index is 771. The molecule has 2 rings (SSSR count). The number of aromatic amines is 1. The van der Waals surface area contributed by atoms with Crippen LogP contribution in [-0.4, -0.2) is 34.2 Å². The van der Waals surface area contributed by atoms with Gasteiger partial charge in [-0.25, -0.2) is 4.79 Å². The molecule has 0 fully saturated rings. The number of H-pyrrole nitrogens is 1. The minimum Gasteiger partial charge on any atom is -0.465 e. The van der Waals surface area contributed by atoms with Crippen LogP contribution in [-0.2, 0) is 16.6 Å². The van der Waals surface area contributed by atoms with Crippen LogP contribution in [0.3, 0.4) is 0 Å². The Morgan fingerprint density at radius 1 is 1.29 bits per heavy atom. The van der Waals surface area contributed by atoms with Crippen molar-refractivity contribution >= 4 is 28.3 Å². The van der Waals surface area contributed by atoms with Crippen molar-refractivity contribution in [1.82, 2.24) is 15.2 Å². The second kappa shape index (κ2) is 6.72. The molecular weight excluding hydrogens is 328 g/mol. The number of methoxy groups -OCH3 is 1. The van der Waals surface area contributed by atoms with E-state index in [2.05, 4.69) is 20.5 Å². The number of hydrogen-bond donors (Lipinski definition) is 2. The summed E-state index contributed by atoms with van der Waals surface area (Å²) < 4.78 is 4.80. The Kier molecular flexibility index (Phi) is 5.08. The van der Waals surface area contributed by atoms with Crippen LogP contribution in [0.4, 0.5) is 5.13 Å². The molecule has 2 aromatic heterocycles. The monoisotopic (exact) mass is 350 g/mol. The summed E-state index contributed by atoms with van der Waals surface area (Å²) in [6.07, 6.45) is 0.589. The number of carbonyl (C=O) groups excluding carboxylic acids is 2. The van der Waals surface area contributed by atoms with Crippen LogP contribution in [0, 0.1) is 6.92 Å². The zero-order chi connectivity index (χ0) is 18.1. The molecule has 0 atom stereocenters. The van der Waals surface area contributed by atoms with E-state index in [9.17, 15) is 9.59 Å². The fourth-order valence-electron chi connectivity index (χ4n) is 2.27. The molecule has 2 aromatic rings. The number of esters is 1. The lowest BCUT2D eigenvalue weighted by atomic mass is 9.98.